The van der Waals surface area contributed by atoms with Crippen LogP contribution < -0.4 is 0 Å². The third-order valence-corrected chi connectivity index (χ3v) is 6.11. The Morgan fingerprint density at radius 2 is 1.56 bits per heavy atom. The molecule has 1 aliphatic rings. The molecule has 0 aliphatic heterocycles. The fourth-order valence-electron chi connectivity index (χ4n) is 3.90. The van der Waals surface area contributed by atoms with Gasteiger partial charge in [0.2, 0.25) is 0 Å². The SMILES string of the molecule is CC1=[C-]C(C)C(C)=C1C.CCCc1[cH-]c2c(Cl)cccc2c1-c1ccccc1.Cl.Cl.[CH3-].[CH3-].[Si]=[Zr]. The Bertz CT molecular complexity index is 1050. The Morgan fingerprint density at radius 1 is 0.971 bits per heavy atom. The van der Waals surface area contributed by atoms with E-state index in [4.69, 9.17) is 11.6 Å². The van der Waals surface area contributed by atoms with E-state index in [1.54, 1.807) is 0 Å². The van der Waals surface area contributed by atoms with Crippen LogP contribution >= 0.6 is 36.4 Å². The molecule has 0 heterocycles. The van der Waals surface area contributed by atoms with E-state index in [2.05, 4.69) is 90.0 Å². The van der Waals surface area contributed by atoms with Gasteiger partial charge in [0.25, 0.3) is 0 Å². The van der Waals surface area contributed by atoms with Crippen molar-refractivity contribution in [2.75, 3.05) is 0 Å². The van der Waals surface area contributed by atoms with Gasteiger partial charge < -0.3 is 14.9 Å². The van der Waals surface area contributed by atoms with E-state index < -0.39 is 0 Å². The number of halogens is 3. The van der Waals surface area contributed by atoms with E-state index in [-0.39, 0.29) is 39.7 Å². The van der Waals surface area contributed by atoms with Gasteiger partial charge in [-0.15, -0.1) is 77.4 Å². The van der Waals surface area contributed by atoms with Crippen LogP contribution in [-0.2, 0) is 29.8 Å². The first-order valence-corrected chi connectivity index (χ1v) is 15.0. The van der Waals surface area contributed by atoms with Crippen LogP contribution in [0.2, 0.25) is 5.02 Å². The van der Waals surface area contributed by atoms with E-state index in [0.29, 0.717) is 5.92 Å². The molecular weight excluding hydrogens is 574 g/mol. The van der Waals surface area contributed by atoms with Crippen molar-refractivity contribution in [1.29, 1.82) is 0 Å². The van der Waals surface area contributed by atoms with Crippen molar-refractivity contribution in [3.8, 4) is 11.1 Å². The van der Waals surface area contributed by atoms with Gasteiger partial charge in [-0.2, -0.15) is 11.1 Å². The number of hydrogen-bond acceptors (Lipinski definition) is 0. The number of benzene rings is 2. The molecule has 0 fully saturated rings. The zero-order valence-corrected chi connectivity index (χ0v) is 27.2. The van der Waals surface area contributed by atoms with E-state index in [1.165, 1.54) is 67.5 Å². The number of allylic oxidation sites excluding steroid dienone is 4. The molecule has 0 saturated heterocycles. The number of aryl methyl sites for hydroxylation is 1. The van der Waals surface area contributed by atoms with Gasteiger partial charge in [0.1, 0.15) is 0 Å². The topological polar surface area (TPSA) is 0 Å². The molecule has 0 amide bonds. The van der Waals surface area contributed by atoms with Gasteiger partial charge in [-0.25, -0.2) is 5.57 Å². The van der Waals surface area contributed by atoms with Crippen molar-refractivity contribution >= 4 is 54.1 Å². The molecule has 186 valence electrons. The van der Waals surface area contributed by atoms with Gasteiger partial charge in [0, 0.05) is 0 Å². The molecule has 5 heteroatoms. The van der Waals surface area contributed by atoms with Gasteiger partial charge in [-0.1, -0.05) is 88.1 Å². The Balaban J connectivity index is -0.000000555. The second kappa shape index (κ2) is 18.7. The number of fused-ring (bicyclic) bond motifs is 1. The zero-order chi connectivity index (χ0) is 22.3. The second-order valence-corrected chi connectivity index (χ2v) is 8.07. The van der Waals surface area contributed by atoms with Crippen LogP contribution in [0.15, 0.2) is 71.3 Å². The fourth-order valence-corrected chi connectivity index (χ4v) is 4.12. The molecule has 0 bridgehead atoms. The molecule has 1 atom stereocenters. The Hall–Kier alpha value is -0.500. The average Bonchev–Trinajstić information content (AvgIpc) is 3.24. The standard InChI is InChI=1S/C18H16Cl.C9H13.2CH3.2ClH.Si.Zr/c1-2-7-14-12-16-15(10-6-11-17(16)19)18(14)13-8-4-3-5-9-13;1-6-5-7(2)9(4)8(6)3;;;;;;/h3-6,8-12H,2,7H2,1H3;6H,1-4H3;2*1H3;2*1H;;/q4*-1;;;;. The molecule has 34 heavy (non-hydrogen) atoms. The van der Waals surface area contributed by atoms with Crippen LogP contribution in [0.5, 0.6) is 0 Å². The van der Waals surface area contributed by atoms with Gasteiger partial charge in [-0.3, -0.25) is 6.08 Å². The summed E-state index contributed by atoms with van der Waals surface area (Å²) in [5.74, 6) is 0.560. The van der Waals surface area contributed by atoms with E-state index in [1.807, 2.05) is 12.1 Å². The van der Waals surface area contributed by atoms with Gasteiger partial charge in [-0.05, 0) is 11.4 Å². The first-order chi connectivity index (χ1) is 14.4. The second-order valence-electron chi connectivity index (χ2n) is 7.66. The van der Waals surface area contributed by atoms with E-state index >= 15 is 0 Å². The van der Waals surface area contributed by atoms with Gasteiger partial charge in [0.05, 0.1) is 0 Å². The summed E-state index contributed by atoms with van der Waals surface area (Å²) in [6.07, 6.45) is 5.60. The molecule has 1 aliphatic carbocycles. The minimum absolute atomic E-state index is 0. The average molecular weight is 611 g/mol. The molecule has 2 radical (unpaired) electrons. The molecule has 3 aromatic carbocycles. The number of rotatable bonds is 3. The summed E-state index contributed by atoms with van der Waals surface area (Å²) in [6.45, 7) is 13.9. The predicted octanol–water partition coefficient (Wildman–Crippen LogP) is 9.91. The summed E-state index contributed by atoms with van der Waals surface area (Å²) in [4.78, 5) is 0. The van der Waals surface area contributed by atoms with Crippen molar-refractivity contribution in [2.45, 2.75) is 47.5 Å². The molecule has 0 nitrogen and oxygen atoms in total. The normalized spacial score (nSPS) is 13.4. The summed E-state index contributed by atoms with van der Waals surface area (Å²) in [6, 6.07) is 19.0. The number of hydrogen-bond donors (Lipinski definition) is 0. The van der Waals surface area contributed by atoms with Crippen molar-refractivity contribution in [1.82, 2.24) is 0 Å². The van der Waals surface area contributed by atoms with Crippen molar-refractivity contribution < 1.29 is 23.3 Å². The third kappa shape index (κ3) is 9.18. The van der Waals surface area contributed by atoms with Crippen LogP contribution in [0.1, 0.15) is 46.6 Å². The summed E-state index contributed by atoms with van der Waals surface area (Å²) < 4.78 is 0. The molecule has 1 unspecified atom stereocenters. The summed E-state index contributed by atoms with van der Waals surface area (Å²) in [5.41, 5.74) is 8.27. The summed E-state index contributed by atoms with van der Waals surface area (Å²) >= 11 is 7.69. The summed E-state index contributed by atoms with van der Waals surface area (Å²) in [7, 11) is 0. The van der Waals surface area contributed by atoms with Crippen LogP contribution in [0.3, 0.4) is 0 Å². The van der Waals surface area contributed by atoms with Crippen molar-refractivity contribution in [3.05, 3.63) is 103 Å². The summed E-state index contributed by atoms with van der Waals surface area (Å²) in [5, 5.41) is 3.28. The first kappa shape index (κ1) is 38.0. The molecule has 0 aromatic heterocycles. The molecule has 0 saturated carbocycles. The molecule has 4 rings (SSSR count). The minimum atomic E-state index is 0. The van der Waals surface area contributed by atoms with Gasteiger partial charge >= 0.3 is 30.2 Å². The monoisotopic (exact) mass is 608 g/mol. The van der Waals surface area contributed by atoms with E-state index in [9.17, 15) is 0 Å². The fraction of sp³-hybridized carbons (Fsp3) is 0.276. The Morgan fingerprint density at radius 3 is 2.00 bits per heavy atom. The van der Waals surface area contributed by atoms with Crippen molar-refractivity contribution in [2.24, 2.45) is 5.92 Å². The molecular formula is C29H37Cl3SiZr-4. The van der Waals surface area contributed by atoms with Crippen LogP contribution in [-0.4, -0.2) is 6.88 Å². The van der Waals surface area contributed by atoms with Crippen LogP contribution in [0.4, 0.5) is 0 Å². The quantitative estimate of drug-likeness (QED) is 0.204. The maximum atomic E-state index is 6.33. The maximum absolute atomic E-state index is 6.33. The van der Waals surface area contributed by atoms with Gasteiger partial charge in [0.15, 0.2) is 0 Å². The first-order valence-electron chi connectivity index (χ1n) is 10.4. The van der Waals surface area contributed by atoms with Crippen LogP contribution in [0.25, 0.3) is 21.9 Å². The van der Waals surface area contributed by atoms with Crippen LogP contribution in [0, 0.1) is 26.8 Å². The molecule has 0 spiro atoms. The van der Waals surface area contributed by atoms with Crippen molar-refractivity contribution in [3.63, 3.8) is 0 Å². The molecule has 0 N–H and O–H groups in total. The molecule has 3 aromatic rings. The van der Waals surface area contributed by atoms with E-state index in [0.717, 1.165) is 17.9 Å². The predicted molar refractivity (Wildman–Crippen MR) is 157 cm³/mol. The zero-order valence-electron chi connectivity index (χ0n) is 21.4. The Kier molecular flexibility index (Phi) is 20.9. The third-order valence-electron chi connectivity index (χ3n) is 5.78. The Labute approximate surface area is 243 Å².